The molecule has 0 aliphatic heterocycles. The van der Waals surface area contributed by atoms with E-state index >= 15 is 0 Å². The highest BCUT2D eigenvalue weighted by molar-refractivity contribution is 5.55. The zero-order valence-electron chi connectivity index (χ0n) is 34.3. The highest BCUT2D eigenvalue weighted by Crippen LogP contribution is 2.86. The molecular formula is C56H54O4. The van der Waals surface area contributed by atoms with Crippen molar-refractivity contribution in [3.63, 3.8) is 0 Å². The van der Waals surface area contributed by atoms with Gasteiger partial charge >= 0.3 is 0 Å². The van der Waals surface area contributed by atoms with Gasteiger partial charge < -0.3 is 20.4 Å². The van der Waals surface area contributed by atoms with Gasteiger partial charge in [-0.2, -0.15) is 0 Å². The molecule has 4 atom stereocenters. The zero-order chi connectivity index (χ0) is 40.6. The lowest BCUT2D eigenvalue weighted by atomic mass is 9.23. The zero-order valence-corrected chi connectivity index (χ0v) is 34.3. The van der Waals surface area contributed by atoms with Crippen LogP contribution in [-0.4, -0.2) is 20.4 Å². The van der Waals surface area contributed by atoms with Crippen molar-refractivity contribution in [1.29, 1.82) is 0 Å². The Labute approximate surface area is 353 Å². The van der Waals surface area contributed by atoms with E-state index in [-0.39, 0.29) is 66.3 Å². The largest absolute Gasteiger partial charge is 0.508 e. The van der Waals surface area contributed by atoms with Gasteiger partial charge in [0.25, 0.3) is 0 Å². The summed E-state index contributed by atoms with van der Waals surface area (Å²) in [6, 6.07) is 56.3. The van der Waals surface area contributed by atoms with Crippen molar-refractivity contribution in [2.24, 2.45) is 10.8 Å². The topological polar surface area (TPSA) is 80.9 Å². The Morgan fingerprint density at radius 3 is 0.783 bits per heavy atom. The van der Waals surface area contributed by atoms with Crippen LogP contribution in [0.3, 0.4) is 0 Å². The van der Waals surface area contributed by atoms with Gasteiger partial charge in [0.05, 0.1) is 0 Å². The molecule has 4 unspecified atom stereocenters. The summed E-state index contributed by atoms with van der Waals surface area (Å²) in [5, 5.41) is 45.7. The molecule has 0 saturated heterocycles. The first kappa shape index (κ1) is 36.4. The minimum Gasteiger partial charge on any atom is -0.508 e. The molecule has 302 valence electrons. The number of hydrogen-bond acceptors (Lipinski definition) is 4. The number of aromatic hydroxyl groups is 4. The number of benzene rings is 6. The van der Waals surface area contributed by atoms with Crippen molar-refractivity contribution in [3.8, 4) is 23.0 Å². The van der Waals surface area contributed by atoms with E-state index in [4.69, 9.17) is 0 Å². The summed E-state index contributed by atoms with van der Waals surface area (Å²) in [7, 11) is 0. The van der Waals surface area contributed by atoms with Gasteiger partial charge in [0.15, 0.2) is 0 Å². The summed E-state index contributed by atoms with van der Waals surface area (Å²) in [4.78, 5) is 0. The van der Waals surface area contributed by atoms with Gasteiger partial charge in [-0.1, -0.05) is 133 Å². The Kier molecular flexibility index (Phi) is 7.33. The quantitative estimate of drug-likeness (QED) is 0.130. The summed E-state index contributed by atoms with van der Waals surface area (Å²) in [5.41, 5.74) is 5.93. The molecule has 8 aliphatic rings. The van der Waals surface area contributed by atoms with Crippen LogP contribution in [0.5, 0.6) is 23.0 Å². The second-order valence-corrected chi connectivity index (χ2v) is 21.2. The van der Waals surface area contributed by atoms with E-state index in [9.17, 15) is 20.4 Å². The van der Waals surface area contributed by atoms with Crippen LogP contribution < -0.4 is 0 Å². The summed E-state index contributed by atoms with van der Waals surface area (Å²) >= 11 is 0. The van der Waals surface area contributed by atoms with Crippen LogP contribution >= 0.6 is 0 Å². The Morgan fingerprint density at radius 1 is 0.267 bits per heavy atom. The fourth-order valence-electron chi connectivity index (χ4n) is 17.3. The maximum absolute atomic E-state index is 12.1. The molecule has 6 aromatic carbocycles. The Balaban J connectivity index is 1.18. The summed E-state index contributed by atoms with van der Waals surface area (Å²) in [6.45, 7) is 0. The Morgan fingerprint density at radius 2 is 0.517 bits per heavy atom. The lowest BCUT2D eigenvalue weighted by Gasteiger charge is -2.81. The van der Waals surface area contributed by atoms with E-state index in [0.29, 0.717) is 0 Å². The molecule has 8 saturated carbocycles. The molecule has 4 N–H and O–H groups in total. The molecule has 0 heterocycles. The third-order valence-electron chi connectivity index (χ3n) is 17.9. The third-order valence-corrected chi connectivity index (χ3v) is 17.9. The predicted octanol–water partition coefficient (Wildman–Crippen LogP) is 12.2. The highest BCUT2D eigenvalue weighted by atomic mass is 16.3. The first-order chi connectivity index (χ1) is 29.0. The molecule has 4 heteroatoms. The monoisotopic (exact) mass is 790 g/mol. The molecule has 8 aliphatic carbocycles. The van der Waals surface area contributed by atoms with Crippen LogP contribution in [-0.2, 0) is 32.5 Å². The van der Waals surface area contributed by atoms with E-state index in [1.54, 1.807) is 24.3 Å². The number of hydrogen-bond donors (Lipinski definition) is 4. The van der Waals surface area contributed by atoms with Crippen LogP contribution in [0.1, 0.15) is 110 Å². The van der Waals surface area contributed by atoms with Crippen molar-refractivity contribution in [2.45, 2.75) is 110 Å². The van der Waals surface area contributed by atoms with Crippen molar-refractivity contribution >= 4 is 0 Å². The summed E-state index contributed by atoms with van der Waals surface area (Å²) in [6.07, 6.45) is 12.2. The predicted molar refractivity (Wildman–Crippen MR) is 236 cm³/mol. The molecule has 14 rings (SSSR count). The lowest BCUT2D eigenvalue weighted by molar-refractivity contribution is -0.237. The van der Waals surface area contributed by atoms with E-state index in [1.807, 2.05) is 0 Å². The molecule has 60 heavy (non-hydrogen) atoms. The standard InChI is InChI=1S/C56H54O4/c57-43-21-23-45(47(59)25-43)53-29-49(39-13-5-1-6-14-39)27-50(30-53,40-15-7-2-8-16-40)34-55(33-49,37-53)56-35-51(41-17-9-3-10-18-41)28-52(36-56,42-19-11-4-12-20-42)32-54(31-51,38-56)46-24-22-44(58)26-48(46)60/h1-26,57-60H,27-38H2. The second kappa shape index (κ2) is 12.1. The second-order valence-electron chi connectivity index (χ2n) is 21.2. The maximum Gasteiger partial charge on any atom is 0.123 e. The number of phenols is 4. The Hall–Kier alpha value is -5.48. The van der Waals surface area contributed by atoms with Crippen LogP contribution in [0, 0.1) is 10.8 Å². The molecule has 8 fully saturated rings. The summed E-state index contributed by atoms with van der Waals surface area (Å²) < 4.78 is 0. The van der Waals surface area contributed by atoms with Gasteiger partial charge in [-0.15, -0.1) is 0 Å². The van der Waals surface area contributed by atoms with Crippen molar-refractivity contribution in [1.82, 2.24) is 0 Å². The molecule has 0 spiro atoms. The van der Waals surface area contributed by atoms with Gasteiger partial charge in [0, 0.05) is 34.1 Å². The van der Waals surface area contributed by atoms with E-state index in [1.165, 1.54) is 22.3 Å². The minimum atomic E-state index is -0.352. The Bertz CT molecular complexity index is 2340. The molecular weight excluding hydrogens is 737 g/mol. The van der Waals surface area contributed by atoms with Crippen LogP contribution in [0.15, 0.2) is 158 Å². The molecule has 8 bridgehead atoms. The highest BCUT2D eigenvalue weighted by Gasteiger charge is 2.79. The molecule has 0 radical (unpaired) electrons. The first-order valence-corrected chi connectivity index (χ1v) is 22.2. The SMILES string of the molecule is Oc1ccc(C23CC4(c5ccccc5)CC(c5ccccc5)(C2)CC(C25CC6(c7ccccc7)CC(c7ccccc7)(CC(c7ccc(O)cc7O)(C6)C2)C5)(C4)C3)c(O)c1. The van der Waals surface area contributed by atoms with Gasteiger partial charge in [0.2, 0.25) is 0 Å². The minimum absolute atomic E-state index is 0.0950. The van der Waals surface area contributed by atoms with E-state index < -0.39 is 0 Å². The normalized spacial score (nSPS) is 37.0. The first-order valence-electron chi connectivity index (χ1n) is 22.2. The van der Waals surface area contributed by atoms with E-state index in [2.05, 4.69) is 133 Å². The average Bonchev–Trinajstić information content (AvgIpc) is 3.24. The molecule has 0 aromatic heterocycles. The van der Waals surface area contributed by atoms with Gasteiger partial charge in [-0.25, -0.2) is 0 Å². The fourth-order valence-corrected chi connectivity index (χ4v) is 17.3. The fraction of sp³-hybridized carbons (Fsp3) is 0.357. The third kappa shape index (κ3) is 4.85. The van der Waals surface area contributed by atoms with Crippen molar-refractivity contribution in [3.05, 3.63) is 191 Å². The van der Waals surface area contributed by atoms with Crippen LogP contribution in [0.2, 0.25) is 0 Å². The van der Waals surface area contributed by atoms with Gasteiger partial charge in [-0.05, 0) is 144 Å². The number of rotatable bonds is 7. The smallest absolute Gasteiger partial charge is 0.123 e. The maximum atomic E-state index is 12.1. The molecule has 4 nitrogen and oxygen atoms in total. The average molecular weight is 791 g/mol. The lowest BCUT2D eigenvalue weighted by Crippen LogP contribution is -2.75. The van der Waals surface area contributed by atoms with Crippen molar-refractivity contribution < 1.29 is 20.4 Å². The summed E-state index contributed by atoms with van der Waals surface area (Å²) in [5.74, 6) is 0.599. The number of phenolic OH excluding ortho intramolecular Hbond substituents is 4. The molecule has 6 aromatic rings. The van der Waals surface area contributed by atoms with Gasteiger partial charge in [0.1, 0.15) is 23.0 Å². The van der Waals surface area contributed by atoms with E-state index in [0.717, 1.165) is 88.2 Å². The molecule has 0 amide bonds. The van der Waals surface area contributed by atoms with Crippen molar-refractivity contribution in [2.75, 3.05) is 0 Å². The van der Waals surface area contributed by atoms with Crippen LogP contribution in [0.4, 0.5) is 0 Å². The van der Waals surface area contributed by atoms with Gasteiger partial charge in [-0.3, -0.25) is 0 Å². The van der Waals surface area contributed by atoms with Crippen LogP contribution in [0.25, 0.3) is 0 Å².